The summed E-state index contributed by atoms with van der Waals surface area (Å²) in [5.74, 6) is 0.582. The van der Waals surface area contributed by atoms with Crippen molar-refractivity contribution in [2.24, 2.45) is 4.99 Å². The average Bonchev–Trinajstić information content (AvgIpc) is 1.99. The van der Waals surface area contributed by atoms with E-state index in [1.165, 1.54) is 6.07 Å². The molecule has 1 heterocycles. The third-order valence-corrected chi connectivity index (χ3v) is 1.40. The zero-order valence-corrected chi connectivity index (χ0v) is 8.03. The van der Waals surface area contributed by atoms with Gasteiger partial charge in [-0.2, -0.15) is 0 Å². The second-order valence-corrected chi connectivity index (χ2v) is 3.12. The fourth-order valence-electron chi connectivity index (χ4n) is 0.910. The van der Waals surface area contributed by atoms with E-state index in [1.807, 2.05) is 27.1 Å². The summed E-state index contributed by atoms with van der Waals surface area (Å²) in [6.45, 7) is 1.86. The highest BCUT2D eigenvalue weighted by atomic mass is 16.1. The van der Waals surface area contributed by atoms with Crippen LogP contribution in [-0.4, -0.2) is 30.3 Å². The average molecular weight is 179 g/mol. The molecule has 0 saturated heterocycles. The molecule has 0 saturated carbocycles. The number of nitrogens with zero attached hydrogens (tertiary/aromatic N) is 2. The van der Waals surface area contributed by atoms with Crippen molar-refractivity contribution in [3.8, 4) is 0 Å². The van der Waals surface area contributed by atoms with E-state index in [4.69, 9.17) is 0 Å². The lowest BCUT2D eigenvalue weighted by molar-refractivity contribution is 0.643. The Morgan fingerprint density at radius 1 is 1.46 bits per heavy atom. The van der Waals surface area contributed by atoms with Crippen LogP contribution in [0.1, 0.15) is 5.56 Å². The molecule has 1 aromatic rings. The minimum absolute atomic E-state index is 0.120. The molecule has 0 unspecified atom stereocenters. The third-order valence-electron chi connectivity index (χ3n) is 1.40. The van der Waals surface area contributed by atoms with Gasteiger partial charge in [0.25, 0.3) is 0 Å². The van der Waals surface area contributed by atoms with Crippen LogP contribution in [0.5, 0.6) is 0 Å². The van der Waals surface area contributed by atoms with Gasteiger partial charge in [-0.1, -0.05) is 0 Å². The van der Waals surface area contributed by atoms with Crippen LogP contribution < -0.4 is 5.56 Å². The first-order valence-electron chi connectivity index (χ1n) is 3.99. The number of pyridine rings is 1. The maximum atomic E-state index is 11.0. The number of H-pyrrole nitrogens is 1. The Hall–Kier alpha value is -1.58. The smallest absolute Gasteiger partial charge is 0.249 e. The lowest BCUT2D eigenvalue weighted by Crippen LogP contribution is -2.08. The van der Waals surface area contributed by atoms with E-state index in [9.17, 15) is 4.79 Å². The number of rotatable bonds is 2. The molecule has 0 aliphatic heterocycles. The van der Waals surface area contributed by atoms with Gasteiger partial charge in [0.05, 0.1) is 6.34 Å². The Morgan fingerprint density at radius 2 is 2.15 bits per heavy atom. The maximum absolute atomic E-state index is 11.0. The van der Waals surface area contributed by atoms with Gasteiger partial charge in [-0.25, -0.2) is 4.99 Å². The zero-order chi connectivity index (χ0) is 9.84. The van der Waals surface area contributed by atoms with Gasteiger partial charge in [-0.15, -0.1) is 0 Å². The molecule has 0 amide bonds. The topological polar surface area (TPSA) is 48.5 Å². The first kappa shape index (κ1) is 9.51. The van der Waals surface area contributed by atoms with Crippen molar-refractivity contribution >= 4 is 12.2 Å². The van der Waals surface area contributed by atoms with Crippen molar-refractivity contribution in [3.63, 3.8) is 0 Å². The van der Waals surface area contributed by atoms with Crippen LogP contribution in [0, 0.1) is 6.92 Å². The van der Waals surface area contributed by atoms with Crippen LogP contribution in [0.4, 0.5) is 5.82 Å². The number of nitrogens with one attached hydrogen (secondary N) is 1. The minimum Gasteiger partial charge on any atom is -0.369 e. The van der Waals surface area contributed by atoms with Gasteiger partial charge in [0.1, 0.15) is 5.82 Å². The molecule has 0 aromatic carbocycles. The van der Waals surface area contributed by atoms with Gasteiger partial charge in [0, 0.05) is 20.2 Å². The second kappa shape index (κ2) is 3.89. The summed E-state index contributed by atoms with van der Waals surface area (Å²) in [5, 5.41) is 0. The lowest BCUT2D eigenvalue weighted by Gasteiger charge is -2.02. The summed E-state index contributed by atoms with van der Waals surface area (Å²) < 4.78 is 0. The molecule has 1 N–H and O–H groups in total. The quantitative estimate of drug-likeness (QED) is 0.541. The van der Waals surface area contributed by atoms with Crippen LogP contribution in [0.2, 0.25) is 0 Å². The van der Waals surface area contributed by atoms with Crippen molar-refractivity contribution in [2.45, 2.75) is 6.92 Å². The first-order valence-corrected chi connectivity index (χ1v) is 3.99. The molecule has 1 rings (SSSR count). The van der Waals surface area contributed by atoms with E-state index < -0.39 is 0 Å². The molecule has 0 atom stereocenters. The minimum atomic E-state index is -0.120. The molecule has 1 aromatic heterocycles. The van der Waals surface area contributed by atoms with Gasteiger partial charge in [0.2, 0.25) is 5.56 Å². The molecular formula is C9H13N3O. The Balaban J connectivity index is 2.96. The van der Waals surface area contributed by atoms with Crippen LogP contribution in [-0.2, 0) is 0 Å². The standard InChI is InChI=1S/C9H13N3O/c1-7-4-8(10-6-12(2)3)11-9(13)5-7/h4-6H,1-3H3,(H,11,13)/b10-6+. The molecule has 0 bridgehead atoms. The Morgan fingerprint density at radius 3 is 2.69 bits per heavy atom. The maximum Gasteiger partial charge on any atom is 0.249 e. The SMILES string of the molecule is Cc1cc(/N=C/N(C)C)[nH]c(=O)c1. The van der Waals surface area contributed by atoms with Gasteiger partial charge < -0.3 is 9.88 Å². The van der Waals surface area contributed by atoms with Gasteiger partial charge in [-0.3, -0.25) is 4.79 Å². The van der Waals surface area contributed by atoms with Crippen LogP contribution in [0.3, 0.4) is 0 Å². The highest BCUT2D eigenvalue weighted by molar-refractivity contribution is 5.59. The molecule has 4 nitrogen and oxygen atoms in total. The van der Waals surface area contributed by atoms with E-state index in [-0.39, 0.29) is 5.56 Å². The van der Waals surface area contributed by atoms with Gasteiger partial charge >= 0.3 is 0 Å². The molecular weight excluding hydrogens is 166 g/mol. The lowest BCUT2D eigenvalue weighted by atomic mass is 10.3. The summed E-state index contributed by atoms with van der Waals surface area (Å²) in [5.41, 5.74) is 0.792. The van der Waals surface area contributed by atoms with Crippen molar-refractivity contribution in [1.82, 2.24) is 9.88 Å². The van der Waals surface area contributed by atoms with E-state index in [1.54, 1.807) is 11.2 Å². The number of hydrogen-bond donors (Lipinski definition) is 1. The molecule has 0 fully saturated rings. The molecule has 0 radical (unpaired) electrons. The summed E-state index contributed by atoms with van der Waals surface area (Å²) in [7, 11) is 3.74. The number of hydrogen-bond acceptors (Lipinski definition) is 2. The first-order chi connectivity index (χ1) is 6.08. The summed E-state index contributed by atoms with van der Waals surface area (Å²) in [6, 6.07) is 3.36. The predicted molar refractivity (Wildman–Crippen MR) is 53.6 cm³/mol. The van der Waals surface area contributed by atoms with E-state index in [0.717, 1.165) is 5.56 Å². The van der Waals surface area contributed by atoms with Crippen molar-refractivity contribution < 1.29 is 0 Å². The molecule has 0 aliphatic rings. The fraction of sp³-hybridized carbons (Fsp3) is 0.333. The summed E-state index contributed by atoms with van der Waals surface area (Å²) in [4.78, 5) is 19.5. The highest BCUT2D eigenvalue weighted by Gasteiger charge is 1.92. The van der Waals surface area contributed by atoms with Crippen LogP contribution in [0.15, 0.2) is 21.9 Å². The van der Waals surface area contributed by atoms with E-state index in [0.29, 0.717) is 5.82 Å². The fourth-order valence-corrected chi connectivity index (χ4v) is 0.910. The molecule has 13 heavy (non-hydrogen) atoms. The number of aromatic amines is 1. The van der Waals surface area contributed by atoms with Crippen LogP contribution >= 0.6 is 0 Å². The summed E-state index contributed by atoms with van der Waals surface area (Å²) in [6.07, 6.45) is 1.64. The molecule has 0 spiro atoms. The molecule has 70 valence electrons. The van der Waals surface area contributed by atoms with E-state index >= 15 is 0 Å². The largest absolute Gasteiger partial charge is 0.369 e. The number of aliphatic imine (C=N–C) groups is 1. The Bertz CT molecular complexity index is 365. The third kappa shape index (κ3) is 3.11. The van der Waals surface area contributed by atoms with Crippen LogP contribution in [0.25, 0.3) is 0 Å². The summed E-state index contributed by atoms with van der Waals surface area (Å²) >= 11 is 0. The molecule has 4 heteroatoms. The number of aryl methyl sites for hydroxylation is 1. The Kier molecular flexibility index (Phi) is 2.84. The van der Waals surface area contributed by atoms with Gasteiger partial charge in [0.15, 0.2) is 0 Å². The van der Waals surface area contributed by atoms with Crippen molar-refractivity contribution in [2.75, 3.05) is 14.1 Å². The Labute approximate surface area is 76.9 Å². The second-order valence-electron chi connectivity index (χ2n) is 3.12. The number of aromatic nitrogens is 1. The molecule has 0 aliphatic carbocycles. The van der Waals surface area contributed by atoms with Gasteiger partial charge in [-0.05, 0) is 18.6 Å². The predicted octanol–water partition coefficient (Wildman–Crippen LogP) is 0.905. The van der Waals surface area contributed by atoms with Crippen molar-refractivity contribution in [3.05, 3.63) is 28.0 Å². The normalized spacial score (nSPS) is 10.7. The highest BCUT2D eigenvalue weighted by Crippen LogP contribution is 2.05. The van der Waals surface area contributed by atoms with E-state index in [2.05, 4.69) is 9.98 Å². The van der Waals surface area contributed by atoms with Crippen molar-refractivity contribution in [1.29, 1.82) is 0 Å². The zero-order valence-electron chi connectivity index (χ0n) is 8.03. The monoisotopic (exact) mass is 179 g/mol.